The van der Waals surface area contributed by atoms with Gasteiger partial charge < -0.3 is 0 Å². The average molecular weight is 182 g/mol. The molecule has 0 amide bonds. The van der Waals surface area contributed by atoms with Crippen LogP contribution in [-0.2, 0) is 9.78 Å². The molecule has 13 heavy (non-hydrogen) atoms. The molecule has 2 atom stereocenters. The first-order valence-corrected chi connectivity index (χ1v) is 4.64. The first-order chi connectivity index (χ1) is 6.07. The normalized spacial score (nSPS) is 33.3. The monoisotopic (exact) mass is 182 g/mol. The molecule has 1 rings (SSSR count). The van der Waals surface area contributed by atoms with Gasteiger partial charge in [-0.1, -0.05) is 24.3 Å². The minimum absolute atomic E-state index is 0.249. The van der Waals surface area contributed by atoms with Crippen LogP contribution in [0.2, 0.25) is 0 Å². The Morgan fingerprint density at radius 1 is 1.62 bits per heavy atom. The van der Waals surface area contributed by atoms with Crippen molar-refractivity contribution in [1.29, 1.82) is 0 Å². The van der Waals surface area contributed by atoms with E-state index in [9.17, 15) is 0 Å². The van der Waals surface area contributed by atoms with Gasteiger partial charge in [0.2, 0.25) is 0 Å². The lowest BCUT2D eigenvalue weighted by Gasteiger charge is -2.30. The molecule has 0 aromatic heterocycles. The highest BCUT2D eigenvalue weighted by Gasteiger charge is 2.28. The molecule has 2 unspecified atom stereocenters. The summed E-state index contributed by atoms with van der Waals surface area (Å²) < 4.78 is 0. The van der Waals surface area contributed by atoms with Crippen molar-refractivity contribution in [2.45, 2.75) is 32.3 Å². The third-order valence-electron chi connectivity index (χ3n) is 2.54. The Balaban J connectivity index is 2.60. The molecule has 0 aromatic carbocycles. The van der Waals surface area contributed by atoms with Gasteiger partial charge in [-0.25, -0.2) is 9.78 Å². The third-order valence-corrected chi connectivity index (χ3v) is 2.54. The Labute approximate surface area is 80.2 Å². The van der Waals surface area contributed by atoms with Gasteiger partial charge in [-0.15, -0.1) is 0 Å². The summed E-state index contributed by atoms with van der Waals surface area (Å²) in [6, 6.07) is 0. The molecule has 0 aliphatic heterocycles. The summed E-state index contributed by atoms with van der Waals surface area (Å²) >= 11 is 0. The topological polar surface area (TPSA) is 18.5 Å². The van der Waals surface area contributed by atoms with Gasteiger partial charge in [0.05, 0.1) is 7.11 Å². The van der Waals surface area contributed by atoms with Crippen LogP contribution < -0.4 is 0 Å². The molecule has 0 spiro atoms. The van der Waals surface area contributed by atoms with E-state index >= 15 is 0 Å². The maximum Gasteiger partial charge on any atom is 0.119 e. The lowest BCUT2D eigenvalue weighted by Crippen LogP contribution is -2.29. The standard InChI is InChI=1S/C11H18O2/c1-9(2)10-5-7-11(3,8-6-10)13-12-4/h5,7,10H,1,6,8H2,2-4H3. The van der Waals surface area contributed by atoms with E-state index in [2.05, 4.69) is 25.7 Å². The first-order valence-electron chi connectivity index (χ1n) is 4.64. The molecule has 0 heterocycles. The summed E-state index contributed by atoms with van der Waals surface area (Å²) in [4.78, 5) is 9.89. The second kappa shape index (κ2) is 4.07. The molecule has 2 heteroatoms. The zero-order valence-corrected chi connectivity index (χ0v) is 8.67. The van der Waals surface area contributed by atoms with Crippen molar-refractivity contribution >= 4 is 0 Å². The zero-order valence-electron chi connectivity index (χ0n) is 8.67. The van der Waals surface area contributed by atoms with Crippen molar-refractivity contribution in [3.05, 3.63) is 24.3 Å². The molecule has 0 aromatic rings. The molecule has 0 fully saturated rings. The van der Waals surface area contributed by atoms with Crippen LogP contribution in [0.5, 0.6) is 0 Å². The fourth-order valence-corrected chi connectivity index (χ4v) is 1.61. The number of rotatable bonds is 3. The van der Waals surface area contributed by atoms with Crippen LogP contribution >= 0.6 is 0 Å². The van der Waals surface area contributed by atoms with Crippen molar-refractivity contribution < 1.29 is 9.78 Å². The highest BCUT2D eigenvalue weighted by Crippen LogP contribution is 2.31. The van der Waals surface area contributed by atoms with Crippen LogP contribution in [0, 0.1) is 5.92 Å². The molecule has 74 valence electrons. The average Bonchev–Trinajstić information content (AvgIpc) is 2.05. The molecule has 0 bridgehead atoms. The van der Waals surface area contributed by atoms with E-state index < -0.39 is 0 Å². The second-order valence-corrected chi connectivity index (χ2v) is 3.91. The van der Waals surface area contributed by atoms with Crippen LogP contribution in [0.15, 0.2) is 24.3 Å². The van der Waals surface area contributed by atoms with E-state index in [-0.39, 0.29) is 5.60 Å². The van der Waals surface area contributed by atoms with Crippen LogP contribution in [0.3, 0.4) is 0 Å². The van der Waals surface area contributed by atoms with E-state index in [1.807, 2.05) is 6.92 Å². The lowest BCUT2D eigenvalue weighted by atomic mass is 9.83. The smallest absolute Gasteiger partial charge is 0.119 e. The number of allylic oxidation sites excluding steroid dienone is 2. The molecule has 0 saturated carbocycles. The molecule has 0 N–H and O–H groups in total. The number of hydrogen-bond acceptors (Lipinski definition) is 2. The highest BCUT2D eigenvalue weighted by molar-refractivity contribution is 5.15. The van der Waals surface area contributed by atoms with Crippen LogP contribution in [0.4, 0.5) is 0 Å². The molecule has 1 aliphatic rings. The molecule has 1 aliphatic carbocycles. The highest BCUT2D eigenvalue weighted by atomic mass is 17.2. The first kappa shape index (κ1) is 10.5. The van der Waals surface area contributed by atoms with Crippen LogP contribution in [0.1, 0.15) is 26.7 Å². The Kier molecular flexibility index (Phi) is 3.28. The summed E-state index contributed by atoms with van der Waals surface area (Å²) in [5.74, 6) is 0.508. The lowest BCUT2D eigenvalue weighted by molar-refractivity contribution is -0.328. The van der Waals surface area contributed by atoms with E-state index in [1.54, 1.807) is 7.11 Å². The Morgan fingerprint density at radius 3 is 2.69 bits per heavy atom. The summed E-state index contributed by atoms with van der Waals surface area (Å²) in [5, 5.41) is 0. The molecule has 0 radical (unpaired) electrons. The van der Waals surface area contributed by atoms with Crippen molar-refractivity contribution in [2.75, 3.05) is 7.11 Å². The van der Waals surface area contributed by atoms with Gasteiger partial charge in [0.1, 0.15) is 5.60 Å². The largest absolute Gasteiger partial charge is 0.239 e. The van der Waals surface area contributed by atoms with Crippen molar-refractivity contribution in [1.82, 2.24) is 0 Å². The second-order valence-electron chi connectivity index (χ2n) is 3.91. The van der Waals surface area contributed by atoms with E-state index in [4.69, 9.17) is 9.78 Å². The number of hydrogen-bond donors (Lipinski definition) is 0. The molecular formula is C11H18O2. The summed E-state index contributed by atoms with van der Waals surface area (Å²) in [7, 11) is 1.55. The van der Waals surface area contributed by atoms with Gasteiger partial charge in [0, 0.05) is 0 Å². The van der Waals surface area contributed by atoms with E-state index in [0.29, 0.717) is 5.92 Å². The maximum atomic E-state index is 5.18. The maximum absolute atomic E-state index is 5.18. The van der Waals surface area contributed by atoms with Gasteiger partial charge in [-0.2, -0.15) is 0 Å². The molecular weight excluding hydrogens is 164 g/mol. The summed E-state index contributed by atoms with van der Waals surface area (Å²) in [5.41, 5.74) is 0.969. The van der Waals surface area contributed by atoms with E-state index in [0.717, 1.165) is 12.8 Å². The van der Waals surface area contributed by atoms with E-state index in [1.165, 1.54) is 5.57 Å². The Morgan fingerprint density at radius 2 is 2.31 bits per heavy atom. The van der Waals surface area contributed by atoms with Crippen molar-refractivity contribution in [2.24, 2.45) is 5.92 Å². The van der Waals surface area contributed by atoms with Crippen LogP contribution in [-0.4, -0.2) is 12.7 Å². The predicted octanol–water partition coefficient (Wildman–Crippen LogP) is 2.87. The summed E-state index contributed by atoms with van der Waals surface area (Å²) in [6.45, 7) is 8.04. The van der Waals surface area contributed by atoms with Gasteiger partial charge >= 0.3 is 0 Å². The minimum atomic E-state index is -0.249. The van der Waals surface area contributed by atoms with Gasteiger partial charge in [-0.05, 0) is 32.6 Å². The zero-order chi connectivity index (χ0) is 9.90. The minimum Gasteiger partial charge on any atom is -0.239 e. The fraction of sp³-hybridized carbons (Fsp3) is 0.636. The molecule has 2 nitrogen and oxygen atoms in total. The van der Waals surface area contributed by atoms with Gasteiger partial charge in [0.15, 0.2) is 0 Å². The third kappa shape index (κ3) is 2.68. The van der Waals surface area contributed by atoms with Gasteiger partial charge in [0.25, 0.3) is 0 Å². The van der Waals surface area contributed by atoms with Gasteiger partial charge in [-0.3, -0.25) is 0 Å². The molecule has 0 saturated heterocycles. The Hall–Kier alpha value is -0.600. The predicted molar refractivity (Wildman–Crippen MR) is 53.2 cm³/mol. The summed E-state index contributed by atoms with van der Waals surface area (Å²) in [6.07, 6.45) is 6.30. The fourth-order valence-electron chi connectivity index (χ4n) is 1.61. The van der Waals surface area contributed by atoms with Crippen LogP contribution in [0.25, 0.3) is 0 Å². The Bertz CT molecular complexity index is 220. The van der Waals surface area contributed by atoms with Crippen molar-refractivity contribution in [3.63, 3.8) is 0 Å². The quantitative estimate of drug-likeness (QED) is 0.379. The van der Waals surface area contributed by atoms with Crippen molar-refractivity contribution in [3.8, 4) is 0 Å². The SMILES string of the molecule is C=C(C)C1C=CC(C)(OOC)CC1.